The molecular formula is C11H14O3S. The van der Waals surface area contributed by atoms with Gasteiger partial charge in [-0.15, -0.1) is 11.8 Å². The number of hydrogen-bond acceptors (Lipinski definition) is 3. The summed E-state index contributed by atoms with van der Waals surface area (Å²) in [6.45, 7) is 0. The molecule has 0 fully saturated rings. The molecule has 0 bridgehead atoms. The van der Waals surface area contributed by atoms with E-state index in [1.807, 2.05) is 24.5 Å². The molecule has 0 unspecified atom stereocenters. The molecule has 1 aromatic rings. The number of thioether (sulfide) groups is 1. The Morgan fingerprint density at radius 3 is 2.80 bits per heavy atom. The summed E-state index contributed by atoms with van der Waals surface area (Å²) < 4.78 is 5.21. The highest BCUT2D eigenvalue weighted by molar-refractivity contribution is 7.98. The van der Waals surface area contributed by atoms with E-state index in [0.717, 1.165) is 16.2 Å². The Kier molecular flexibility index (Phi) is 4.49. The van der Waals surface area contributed by atoms with Gasteiger partial charge in [0.2, 0.25) is 0 Å². The average Bonchev–Trinajstić information content (AvgIpc) is 2.25. The van der Waals surface area contributed by atoms with Crippen LogP contribution in [0, 0.1) is 0 Å². The molecule has 0 radical (unpaired) electrons. The summed E-state index contributed by atoms with van der Waals surface area (Å²) in [4.78, 5) is 11.6. The first-order valence-corrected chi connectivity index (χ1v) is 5.82. The van der Waals surface area contributed by atoms with E-state index < -0.39 is 5.97 Å². The van der Waals surface area contributed by atoms with Gasteiger partial charge in [-0.1, -0.05) is 6.07 Å². The minimum absolute atomic E-state index is 0.134. The molecule has 1 aromatic carbocycles. The minimum atomic E-state index is -0.786. The number of carbonyl (C=O) groups is 1. The fourth-order valence-electron chi connectivity index (χ4n) is 1.30. The Morgan fingerprint density at radius 1 is 1.53 bits per heavy atom. The zero-order chi connectivity index (χ0) is 11.3. The van der Waals surface area contributed by atoms with Gasteiger partial charge >= 0.3 is 5.97 Å². The molecule has 0 aliphatic carbocycles. The van der Waals surface area contributed by atoms with Gasteiger partial charge in [0.15, 0.2) is 0 Å². The predicted molar refractivity (Wildman–Crippen MR) is 60.7 cm³/mol. The van der Waals surface area contributed by atoms with E-state index in [1.54, 1.807) is 18.9 Å². The maximum atomic E-state index is 10.5. The molecule has 3 nitrogen and oxygen atoms in total. The number of ether oxygens (including phenoxy) is 1. The summed E-state index contributed by atoms with van der Waals surface area (Å²) in [7, 11) is 1.60. The quantitative estimate of drug-likeness (QED) is 0.783. The van der Waals surface area contributed by atoms with Gasteiger partial charge in [0.25, 0.3) is 0 Å². The zero-order valence-electron chi connectivity index (χ0n) is 8.82. The van der Waals surface area contributed by atoms with Gasteiger partial charge in [-0.3, -0.25) is 4.79 Å². The van der Waals surface area contributed by atoms with Crippen molar-refractivity contribution in [3.8, 4) is 5.75 Å². The van der Waals surface area contributed by atoms with Gasteiger partial charge in [-0.2, -0.15) is 0 Å². The van der Waals surface area contributed by atoms with Crippen LogP contribution in [0.25, 0.3) is 0 Å². The molecule has 82 valence electrons. The molecule has 0 saturated carbocycles. The molecule has 0 atom stereocenters. The predicted octanol–water partition coefficient (Wildman–Crippen LogP) is 2.43. The van der Waals surface area contributed by atoms with Gasteiger partial charge in [-0.05, 0) is 30.4 Å². The fourth-order valence-corrected chi connectivity index (χ4v) is 1.73. The zero-order valence-corrected chi connectivity index (χ0v) is 9.63. The van der Waals surface area contributed by atoms with Gasteiger partial charge in [-0.25, -0.2) is 0 Å². The van der Waals surface area contributed by atoms with Crippen molar-refractivity contribution in [2.75, 3.05) is 13.4 Å². The van der Waals surface area contributed by atoms with E-state index in [4.69, 9.17) is 9.84 Å². The van der Waals surface area contributed by atoms with Crippen LogP contribution in [0.1, 0.15) is 12.0 Å². The van der Waals surface area contributed by atoms with E-state index in [1.165, 1.54) is 0 Å². The van der Waals surface area contributed by atoms with E-state index >= 15 is 0 Å². The van der Waals surface area contributed by atoms with Gasteiger partial charge in [0.05, 0.1) is 7.11 Å². The summed E-state index contributed by atoms with van der Waals surface area (Å²) in [5.74, 6) is -0.0194. The third kappa shape index (κ3) is 3.47. The lowest BCUT2D eigenvalue weighted by Crippen LogP contribution is -1.99. The molecule has 0 aliphatic heterocycles. The van der Waals surface area contributed by atoms with Crippen LogP contribution in [0.5, 0.6) is 5.75 Å². The first-order chi connectivity index (χ1) is 7.17. The number of benzene rings is 1. The lowest BCUT2D eigenvalue weighted by molar-refractivity contribution is -0.136. The van der Waals surface area contributed by atoms with Crippen molar-refractivity contribution in [3.63, 3.8) is 0 Å². The summed E-state index contributed by atoms with van der Waals surface area (Å²) in [6.07, 6.45) is 2.63. The van der Waals surface area contributed by atoms with E-state index in [2.05, 4.69) is 0 Å². The SMILES string of the molecule is COc1cc(SC)ccc1CCC(=O)O. The van der Waals surface area contributed by atoms with Crippen molar-refractivity contribution in [1.29, 1.82) is 0 Å². The van der Waals surface area contributed by atoms with Gasteiger partial charge < -0.3 is 9.84 Å². The lowest BCUT2D eigenvalue weighted by atomic mass is 10.1. The average molecular weight is 226 g/mol. The number of carboxylic acids is 1. The number of aryl methyl sites for hydroxylation is 1. The second-order valence-corrected chi connectivity index (χ2v) is 3.95. The molecule has 15 heavy (non-hydrogen) atoms. The van der Waals surface area contributed by atoms with Crippen LogP contribution in [0.15, 0.2) is 23.1 Å². The molecule has 0 heterocycles. The first-order valence-electron chi connectivity index (χ1n) is 4.60. The Morgan fingerprint density at radius 2 is 2.27 bits per heavy atom. The first kappa shape index (κ1) is 11.9. The van der Waals surface area contributed by atoms with Crippen LogP contribution in [0.4, 0.5) is 0 Å². The summed E-state index contributed by atoms with van der Waals surface area (Å²) in [6, 6.07) is 5.83. The number of aliphatic carboxylic acids is 1. The fraction of sp³-hybridized carbons (Fsp3) is 0.364. The highest BCUT2D eigenvalue weighted by Crippen LogP contribution is 2.26. The molecule has 4 heteroatoms. The second kappa shape index (κ2) is 5.66. The summed E-state index contributed by atoms with van der Waals surface area (Å²) in [5.41, 5.74) is 0.942. The van der Waals surface area contributed by atoms with Crippen molar-refractivity contribution >= 4 is 17.7 Å². The Bertz CT molecular complexity index is 350. The number of hydrogen-bond donors (Lipinski definition) is 1. The number of methoxy groups -OCH3 is 1. The molecule has 0 spiro atoms. The van der Waals surface area contributed by atoms with Crippen molar-refractivity contribution in [3.05, 3.63) is 23.8 Å². The highest BCUT2D eigenvalue weighted by atomic mass is 32.2. The topological polar surface area (TPSA) is 46.5 Å². The standard InChI is InChI=1S/C11H14O3S/c1-14-10-7-9(15-2)5-3-8(10)4-6-11(12)13/h3,5,7H,4,6H2,1-2H3,(H,12,13). The Labute approximate surface area is 93.4 Å². The normalized spacial score (nSPS) is 10.0. The maximum absolute atomic E-state index is 10.5. The van der Waals surface area contributed by atoms with Crippen LogP contribution >= 0.6 is 11.8 Å². The molecule has 0 aliphatic rings. The number of carboxylic acid groups (broad SMARTS) is 1. The molecule has 0 amide bonds. The smallest absolute Gasteiger partial charge is 0.303 e. The maximum Gasteiger partial charge on any atom is 0.303 e. The third-order valence-corrected chi connectivity index (χ3v) is 2.83. The number of rotatable bonds is 5. The van der Waals surface area contributed by atoms with Crippen molar-refractivity contribution in [2.45, 2.75) is 17.7 Å². The Balaban J connectivity index is 2.82. The molecular weight excluding hydrogens is 212 g/mol. The summed E-state index contributed by atoms with van der Waals surface area (Å²) in [5, 5.41) is 8.59. The van der Waals surface area contributed by atoms with Crippen molar-refractivity contribution < 1.29 is 14.6 Å². The molecule has 1 rings (SSSR count). The van der Waals surface area contributed by atoms with Crippen molar-refractivity contribution in [1.82, 2.24) is 0 Å². The van der Waals surface area contributed by atoms with Crippen molar-refractivity contribution in [2.24, 2.45) is 0 Å². The largest absolute Gasteiger partial charge is 0.496 e. The van der Waals surface area contributed by atoms with Crippen LogP contribution in [0.2, 0.25) is 0 Å². The van der Waals surface area contributed by atoms with Crippen LogP contribution < -0.4 is 4.74 Å². The van der Waals surface area contributed by atoms with Gasteiger partial charge in [0, 0.05) is 11.3 Å². The molecule has 1 N–H and O–H groups in total. The highest BCUT2D eigenvalue weighted by Gasteiger charge is 2.06. The van der Waals surface area contributed by atoms with Crippen LogP contribution in [-0.2, 0) is 11.2 Å². The second-order valence-electron chi connectivity index (χ2n) is 3.07. The molecule has 0 saturated heterocycles. The molecule has 0 aromatic heterocycles. The minimum Gasteiger partial charge on any atom is -0.496 e. The van der Waals surface area contributed by atoms with E-state index in [9.17, 15) is 4.79 Å². The van der Waals surface area contributed by atoms with Crippen LogP contribution in [0.3, 0.4) is 0 Å². The monoisotopic (exact) mass is 226 g/mol. The van der Waals surface area contributed by atoms with Gasteiger partial charge in [0.1, 0.15) is 5.75 Å². The Hall–Kier alpha value is -1.16. The van der Waals surface area contributed by atoms with Crippen LogP contribution in [-0.4, -0.2) is 24.4 Å². The summed E-state index contributed by atoms with van der Waals surface area (Å²) >= 11 is 1.64. The third-order valence-electron chi connectivity index (χ3n) is 2.10. The lowest BCUT2D eigenvalue weighted by Gasteiger charge is -2.08. The van der Waals surface area contributed by atoms with E-state index in [0.29, 0.717) is 6.42 Å². The van der Waals surface area contributed by atoms with E-state index in [-0.39, 0.29) is 6.42 Å².